The zero-order valence-electron chi connectivity index (χ0n) is 9.27. The van der Waals surface area contributed by atoms with Crippen molar-refractivity contribution >= 4 is 6.72 Å². The summed E-state index contributed by atoms with van der Waals surface area (Å²) in [4.78, 5) is 3.78. The summed E-state index contributed by atoms with van der Waals surface area (Å²) in [5.74, 6) is 0.861. The van der Waals surface area contributed by atoms with Crippen molar-refractivity contribution in [1.29, 1.82) is 0 Å². The third-order valence-electron chi connectivity index (χ3n) is 2.08. The molecule has 0 aromatic heterocycles. The van der Waals surface area contributed by atoms with Crippen LogP contribution >= 0.6 is 0 Å². The largest absolute Gasteiger partial charge is 0.497 e. The quantitative estimate of drug-likeness (QED) is 0.670. The molecule has 0 saturated heterocycles. The SMILES string of the molecule is C=NCC(C)OCc1ccc(OC)cc1. The molecular weight excluding hydrogens is 190 g/mol. The Hall–Kier alpha value is -1.35. The first-order chi connectivity index (χ1) is 7.26. The van der Waals surface area contributed by atoms with E-state index >= 15 is 0 Å². The van der Waals surface area contributed by atoms with Crippen LogP contribution in [0.25, 0.3) is 0 Å². The zero-order chi connectivity index (χ0) is 11.1. The van der Waals surface area contributed by atoms with E-state index in [0.717, 1.165) is 11.3 Å². The van der Waals surface area contributed by atoms with Crippen molar-refractivity contribution in [1.82, 2.24) is 0 Å². The molecule has 0 spiro atoms. The van der Waals surface area contributed by atoms with E-state index in [2.05, 4.69) is 11.7 Å². The number of nitrogens with zero attached hydrogens (tertiary/aromatic N) is 1. The van der Waals surface area contributed by atoms with Gasteiger partial charge in [0.25, 0.3) is 0 Å². The van der Waals surface area contributed by atoms with E-state index in [4.69, 9.17) is 9.47 Å². The van der Waals surface area contributed by atoms with Gasteiger partial charge in [-0.3, -0.25) is 4.99 Å². The van der Waals surface area contributed by atoms with Crippen LogP contribution < -0.4 is 4.74 Å². The van der Waals surface area contributed by atoms with E-state index in [9.17, 15) is 0 Å². The number of hydrogen-bond acceptors (Lipinski definition) is 3. The second kappa shape index (κ2) is 6.19. The Bertz CT molecular complexity index is 295. The minimum Gasteiger partial charge on any atom is -0.497 e. The normalized spacial score (nSPS) is 12.1. The van der Waals surface area contributed by atoms with Crippen LogP contribution in [0.15, 0.2) is 29.3 Å². The Morgan fingerprint density at radius 2 is 2.00 bits per heavy atom. The third kappa shape index (κ3) is 4.13. The molecule has 15 heavy (non-hydrogen) atoms. The summed E-state index contributed by atoms with van der Waals surface area (Å²) in [5.41, 5.74) is 1.13. The standard InChI is InChI=1S/C12H17NO2/c1-10(8-13-2)15-9-11-4-6-12(14-3)7-5-11/h4-7,10H,2,8-9H2,1,3H3. The average Bonchev–Trinajstić information content (AvgIpc) is 2.27. The molecule has 3 heteroatoms. The molecule has 0 fully saturated rings. The highest BCUT2D eigenvalue weighted by Gasteiger charge is 2.00. The maximum absolute atomic E-state index is 5.57. The highest BCUT2D eigenvalue weighted by Crippen LogP contribution is 2.12. The van der Waals surface area contributed by atoms with Gasteiger partial charge >= 0.3 is 0 Å². The number of rotatable bonds is 6. The van der Waals surface area contributed by atoms with E-state index < -0.39 is 0 Å². The summed E-state index contributed by atoms with van der Waals surface area (Å²) in [6.07, 6.45) is 0.115. The van der Waals surface area contributed by atoms with Gasteiger partial charge in [0.2, 0.25) is 0 Å². The van der Waals surface area contributed by atoms with Gasteiger partial charge < -0.3 is 9.47 Å². The Labute approximate surface area is 90.7 Å². The predicted molar refractivity (Wildman–Crippen MR) is 61.7 cm³/mol. The van der Waals surface area contributed by atoms with Gasteiger partial charge in [-0.15, -0.1) is 0 Å². The van der Waals surface area contributed by atoms with E-state index in [1.165, 1.54) is 0 Å². The molecule has 0 bridgehead atoms. The molecule has 1 unspecified atom stereocenters. The zero-order valence-corrected chi connectivity index (χ0v) is 9.27. The molecule has 0 saturated carbocycles. The molecule has 0 aliphatic heterocycles. The molecule has 82 valence electrons. The molecule has 0 radical (unpaired) electrons. The molecule has 3 nitrogen and oxygen atoms in total. The predicted octanol–water partition coefficient (Wildman–Crippen LogP) is 2.30. The fourth-order valence-corrected chi connectivity index (χ4v) is 1.19. The van der Waals surface area contributed by atoms with Crippen molar-refractivity contribution in [3.8, 4) is 5.75 Å². The van der Waals surface area contributed by atoms with Gasteiger partial charge in [-0.1, -0.05) is 12.1 Å². The van der Waals surface area contributed by atoms with Gasteiger partial charge in [0, 0.05) is 0 Å². The molecule has 1 rings (SSSR count). The smallest absolute Gasteiger partial charge is 0.118 e. The van der Waals surface area contributed by atoms with Crippen LogP contribution in [0.2, 0.25) is 0 Å². The molecule has 0 N–H and O–H groups in total. The summed E-state index contributed by atoms with van der Waals surface area (Å²) in [6.45, 7) is 6.65. The second-order valence-corrected chi connectivity index (χ2v) is 3.38. The summed E-state index contributed by atoms with van der Waals surface area (Å²) in [5, 5.41) is 0. The lowest BCUT2D eigenvalue weighted by atomic mass is 10.2. The van der Waals surface area contributed by atoms with Gasteiger partial charge in [0.1, 0.15) is 5.75 Å². The van der Waals surface area contributed by atoms with Gasteiger partial charge in [-0.25, -0.2) is 0 Å². The van der Waals surface area contributed by atoms with E-state index in [-0.39, 0.29) is 6.10 Å². The number of methoxy groups -OCH3 is 1. The fraction of sp³-hybridized carbons (Fsp3) is 0.417. The summed E-state index contributed by atoms with van der Waals surface area (Å²) in [7, 11) is 1.66. The van der Waals surface area contributed by atoms with Gasteiger partial charge in [-0.2, -0.15) is 0 Å². The molecule has 1 aromatic rings. The first-order valence-electron chi connectivity index (χ1n) is 4.93. The Kier molecular flexibility index (Phi) is 4.84. The van der Waals surface area contributed by atoms with E-state index in [1.807, 2.05) is 31.2 Å². The van der Waals surface area contributed by atoms with Crippen LogP contribution in [0.4, 0.5) is 0 Å². The van der Waals surface area contributed by atoms with Crippen LogP contribution in [0.3, 0.4) is 0 Å². The van der Waals surface area contributed by atoms with Crippen molar-refractivity contribution in [3.63, 3.8) is 0 Å². The molecule has 1 atom stereocenters. The maximum Gasteiger partial charge on any atom is 0.118 e. The van der Waals surface area contributed by atoms with Crippen LogP contribution in [0.5, 0.6) is 5.75 Å². The second-order valence-electron chi connectivity index (χ2n) is 3.38. The molecule has 0 aliphatic carbocycles. The lowest BCUT2D eigenvalue weighted by Gasteiger charge is -2.10. The topological polar surface area (TPSA) is 30.8 Å². The molecule has 1 aromatic carbocycles. The lowest BCUT2D eigenvalue weighted by molar-refractivity contribution is 0.0594. The Balaban J connectivity index is 2.40. The molecule has 0 aliphatic rings. The minimum atomic E-state index is 0.115. The maximum atomic E-state index is 5.57. The van der Waals surface area contributed by atoms with Gasteiger partial charge in [-0.05, 0) is 31.3 Å². The lowest BCUT2D eigenvalue weighted by Crippen LogP contribution is -2.11. The first kappa shape index (κ1) is 11.7. The van der Waals surface area contributed by atoms with Crippen molar-refractivity contribution in [3.05, 3.63) is 29.8 Å². The Morgan fingerprint density at radius 3 is 2.53 bits per heavy atom. The number of hydrogen-bond donors (Lipinski definition) is 0. The number of ether oxygens (including phenoxy) is 2. The van der Waals surface area contributed by atoms with Crippen molar-refractivity contribution < 1.29 is 9.47 Å². The van der Waals surface area contributed by atoms with Crippen molar-refractivity contribution in [2.45, 2.75) is 19.6 Å². The van der Waals surface area contributed by atoms with Crippen molar-refractivity contribution in [2.24, 2.45) is 4.99 Å². The van der Waals surface area contributed by atoms with Crippen molar-refractivity contribution in [2.75, 3.05) is 13.7 Å². The van der Waals surface area contributed by atoms with E-state index in [1.54, 1.807) is 7.11 Å². The van der Waals surface area contributed by atoms with Crippen LogP contribution in [-0.4, -0.2) is 26.5 Å². The molecule has 0 heterocycles. The highest BCUT2D eigenvalue weighted by atomic mass is 16.5. The average molecular weight is 207 g/mol. The molecule has 0 amide bonds. The highest BCUT2D eigenvalue weighted by molar-refractivity contribution is 5.26. The van der Waals surface area contributed by atoms with E-state index in [0.29, 0.717) is 13.2 Å². The first-order valence-corrected chi connectivity index (χ1v) is 4.93. The van der Waals surface area contributed by atoms with Crippen LogP contribution in [0, 0.1) is 0 Å². The third-order valence-corrected chi connectivity index (χ3v) is 2.08. The summed E-state index contributed by atoms with van der Waals surface area (Å²) >= 11 is 0. The van der Waals surface area contributed by atoms with Gasteiger partial charge in [0.15, 0.2) is 0 Å². The van der Waals surface area contributed by atoms with Crippen LogP contribution in [-0.2, 0) is 11.3 Å². The monoisotopic (exact) mass is 207 g/mol. The minimum absolute atomic E-state index is 0.115. The van der Waals surface area contributed by atoms with Crippen LogP contribution in [0.1, 0.15) is 12.5 Å². The fourth-order valence-electron chi connectivity index (χ4n) is 1.19. The van der Waals surface area contributed by atoms with Gasteiger partial charge in [0.05, 0.1) is 26.4 Å². The summed E-state index contributed by atoms with van der Waals surface area (Å²) < 4.78 is 10.6. The summed E-state index contributed by atoms with van der Waals surface area (Å²) in [6, 6.07) is 7.84. The number of benzene rings is 1. The Morgan fingerprint density at radius 1 is 1.33 bits per heavy atom. The number of aliphatic imine (C=N–C) groups is 1. The molecular formula is C12H17NO2.